The van der Waals surface area contributed by atoms with E-state index in [0.717, 1.165) is 0 Å². The lowest BCUT2D eigenvalue weighted by Crippen LogP contribution is -2.20. The molecule has 3 heterocycles. The maximum atomic E-state index is 13.8. The molecular weight excluding hydrogens is 491 g/mol. The maximum Gasteiger partial charge on any atom is 0.421 e. The molecule has 2 aromatic carbocycles. The van der Waals surface area contributed by atoms with Gasteiger partial charge in [-0.1, -0.05) is 12.2 Å². The normalized spacial score (nSPS) is 14.4. The zero-order valence-electron chi connectivity index (χ0n) is 20.0. The van der Waals surface area contributed by atoms with E-state index in [0.29, 0.717) is 42.2 Å². The summed E-state index contributed by atoms with van der Waals surface area (Å²) in [5, 5.41) is 8.02. The zero-order valence-corrected chi connectivity index (χ0v) is 20.0. The number of hydrogen-bond donors (Lipinski definition) is 3. The number of alkyl halides is 3. The number of carbonyl (C=O) groups excluding carboxylic acids is 1. The standard InChI is InChI=1S/C25H24F3N5O4/c1-29-23(34)17-13-16-7-8-19(17)32-22-18(25(26,27)28)14-30-24(33-22)31-15-6-9-20(35-2)21(12-15)37-11-5-3-4-10-36-16/h3,5-9,12-14H,4,10-11H2,1-2H3,(H,29,34)(H2,30,31,32,33)/b5-3-. The molecule has 0 saturated heterocycles. The molecule has 0 aliphatic carbocycles. The minimum absolute atomic E-state index is 0.0860. The van der Waals surface area contributed by atoms with Crippen LogP contribution in [-0.4, -0.2) is 43.2 Å². The summed E-state index contributed by atoms with van der Waals surface area (Å²) in [6.07, 6.45) is 0.193. The van der Waals surface area contributed by atoms with Gasteiger partial charge in [0.25, 0.3) is 5.91 Å². The van der Waals surface area contributed by atoms with Gasteiger partial charge in [-0.2, -0.15) is 18.2 Å². The summed E-state index contributed by atoms with van der Waals surface area (Å²) in [5.74, 6) is 0.134. The van der Waals surface area contributed by atoms with Crippen LogP contribution in [0.3, 0.4) is 0 Å². The van der Waals surface area contributed by atoms with E-state index in [9.17, 15) is 18.0 Å². The Labute approximate surface area is 210 Å². The summed E-state index contributed by atoms with van der Waals surface area (Å²) in [4.78, 5) is 20.4. The number of halogens is 3. The zero-order chi connectivity index (χ0) is 26.4. The Morgan fingerprint density at radius 2 is 1.95 bits per heavy atom. The highest BCUT2D eigenvalue weighted by atomic mass is 19.4. The Bertz CT molecular complexity index is 1310. The number of nitrogens with one attached hydrogen (secondary N) is 3. The van der Waals surface area contributed by atoms with Crippen LogP contribution in [-0.2, 0) is 6.18 Å². The molecule has 6 bridgehead atoms. The lowest BCUT2D eigenvalue weighted by Gasteiger charge is -2.17. The number of hydrogen-bond acceptors (Lipinski definition) is 8. The van der Waals surface area contributed by atoms with E-state index < -0.39 is 23.5 Å². The number of anilines is 4. The van der Waals surface area contributed by atoms with Crippen molar-refractivity contribution in [2.75, 3.05) is 38.0 Å². The molecule has 0 spiro atoms. The minimum atomic E-state index is -4.75. The number of benzene rings is 2. The van der Waals surface area contributed by atoms with Crippen LogP contribution in [0.25, 0.3) is 0 Å². The first-order valence-electron chi connectivity index (χ1n) is 11.2. The lowest BCUT2D eigenvalue weighted by molar-refractivity contribution is -0.137. The van der Waals surface area contributed by atoms with Crippen molar-refractivity contribution in [3.05, 3.63) is 65.9 Å². The molecule has 0 unspecified atom stereocenters. The van der Waals surface area contributed by atoms with Crippen LogP contribution in [0.2, 0.25) is 0 Å². The van der Waals surface area contributed by atoms with Gasteiger partial charge in [0.1, 0.15) is 23.7 Å². The average Bonchev–Trinajstić information content (AvgIpc) is 2.87. The number of nitrogens with zero attached hydrogens (tertiary/aromatic N) is 2. The quantitative estimate of drug-likeness (QED) is 0.407. The summed E-state index contributed by atoms with van der Waals surface area (Å²) < 4.78 is 58.2. The number of fused-ring (bicyclic) bond motifs is 7. The summed E-state index contributed by atoms with van der Waals surface area (Å²) in [7, 11) is 2.92. The highest BCUT2D eigenvalue weighted by Crippen LogP contribution is 2.37. The number of aromatic nitrogens is 2. The fourth-order valence-corrected chi connectivity index (χ4v) is 3.48. The molecule has 5 rings (SSSR count). The highest BCUT2D eigenvalue weighted by molar-refractivity contribution is 6.00. The molecule has 3 N–H and O–H groups in total. The summed E-state index contributed by atoms with van der Waals surface area (Å²) in [5.41, 5.74) is -0.438. The molecule has 2 aliphatic rings. The van der Waals surface area contributed by atoms with Gasteiger partial charge in [-0.15, -0.1) is 0 Å². The third-order valence-electron chi connectivity index (χ3n) is 5.28. The lowest BCUT2D eigenvalue weighted by atomic mass is 10.1. The molecular formula is C25H24F3N5O4. The van der Waals surface area contributed by atoms with Gasteiger partial charge in [-0.25, -0.2) is 4.98 Å². The smallest absolute Gasteiger partial charge is 0.421 e. The predicted molar refractivity (Wildman–Crippen MR) is 131 cm³/mol. The maximum absolute atomic E-state index is 13.8. The van der Waals surface area contributed by atoms with Gasteiger partial charge in [0.2, 0.25) is 5.95 Å². The number of carbonyl (C=O) groups is 1. The monoisotopic (exact) mass is 515 g/mol. The van der Waals surface area contributed by atoms with Gasteiger partial charge in [0.15, 0.2) is 11.5 Å². The third kappa shape index (κ3) is 6.21. The van der Waals surface area contributed by atoms with Crippen molar-refractivity contribution < 1.29 is 32.2 Å². The van der Waals surface area contributed by atoms with Crippen molar-refractivity contribution in [1.29, 1.82) is 0 Å². The van der Waals surface area contributed by atoms with Gasteiger partial charge in [0, 0.05) is 25.0 Å². The number of amides is 1. The Morgan fingerprint density at radius 3 is 2.70 bits per heavy atom. The molecule has 9 nitrogen and oxygen atoms in total. The van der Waals surface area contributed by atoms with E-state index >= 15 is 0 Å². The van der Waals surface area contributed by atoms with E-state index in [1.807, 2.05) is 12.2 Å². The Kier molecular flexibility index (Phi) is 7.66. The van der Waals surface area contributed by atoms with Crippen LogP contribution < -0.4 is 30.2 Å². The second-order valence-electron chi connectivity index (χ2n) is 7.78. The van der Waals surface area contributed by atoms with E-state index in [4.69, 9.17) is 14.2 Å². The average molecular weight is 515 g/mol. The molecule has 12 heteroatoms. The first kappa shape index (κ1) is 25.6. The second-order valence-corrected chi connectivity index (χ2v) is 7.78. The second kappa shape index (κ2) is 11.1. The van der Waals surface area contributed by atoms with E-state index in [-0.39, 0.29) is 23.8 Å². The minimum Gasteiger partial charge on any atom is -0.493 e. The molecule has 0 fully saturated rings. The summed E-state index contributed by atoms with van der Waals surface area (Å²) in [6.45, 7) is 0.562. The van der Waals surface area contributed by atoms with Gasteiger partial charge in [0.05, 0.1) is 25.0 Å². The molecule has 194 valence electrons. The fraction of sp³-hybridized carbons (Fsp3) is 0.240. The Morgan fingerprint density at radius 1 is 1.11 bits per heavy atom. The van der Waals surface area contributed by atoms with Crippen LogP contribution in [0.4, 0.5) is 36.3 Å². The number of methoxy groups -OCH3 is 1. The van der Waals surface area contributed by atoms with Crippen molar-refractivity contribution in [1.82, 2.24) is 15.3 Å². The largest absolute Gasteiger partial charge is 0.493 e. The van der Waals surface area contributed by atoms with Crippen LogP contribution in [0.1, 0.15) is 22.3 Å². The molecule has 1 aromatic heterocycles. The van der Waals surface area contributed by atoms with Crippen molar-refractivity contribution in [2.24, 2.45) is 0 Å². The van der Waals surface area contributed by atoms with Crippen LogP contribution in [0, 0.1) is 0 Å². The third-order valence-corrected chi connectivity index (χ3v) is 5.28. The van der Waals surface area contributed by atoms with Crippen molar-refractivity contribution in [3.63, 3.8) is 0 Å². The Hall–Kier alpha value is -4.48. The Balaban J connectivity index is 1.80. The van der Waals surface area contributed by atoms with Gasteiger partial charge < -0.3 is 30.2 Å². The van der Waals surface area contributed by atoms with Crippen LogP contribution in [0.15, 0.2) is 54.7 Å². The van der Waals surface area contributed by atoms with Gasteiger partial charge in [-0.3, -0.25) is 4.79 Å². The van der Waals surface area contributed by atoms with E-state index in [1.165, 1.54) is 26.3 Å². The van der Waals surface area contributed by atoms with Crippen molar-refractivity contribution >= 4 is 29.0 Å². The van der Waals surface area contributed by atoms with E-state index in [1.54, 1.807) is 24.3 Å². The topological polar surface area (TPSA) is 107 Å². The van der Waals surface area contributed by atoms with E-state index in [2.05, 4.69) is 25.9 Å². The number of ether oxygens (including phenoxy) is 3. The fourth-order valence-electron chi connectivity index (χ4n) is 3.48. The molecule has 37 heavy (non-hydrogen) atoms. The highest BCUT2D eigenvalue weighted by Gasteiger charge is 2.35. The molecule has 3 aromatic rings. The van der Waals surface area contributed by atoms with Crippen LogP contribution >= 0.6 is 0 Å². The van der Waals surface area contributed by atoms with Crippen molar-refractivity contribution in [2.45, 2.75) is 12.6 Å². The molecule has 1 amide bonds. The SMILES string of the molecule is CNC(=O)c1cc2ccc1Nc1nc(ncc1C(F)(F)F)Nc1ccc(OC)c(c1)OC/C=C\CCO2. The van der Waals surface area contributed by atoms with Gasteiger partial charge >= 0.3 is 6.18 Å². The first-order valence-corrected chi connectivity index (χ1v) is 11.2. The first-order chi connectivity index (χ1) is 17.8. The number of rotatable bonds is 2. The van der Waals surface area contributed by atoms with Gasteiger partial charge in [-0.05, 0) is 36.8 Å². The predicted octanol–water partition coefficient (Wildman–Crippen LogP) is 5.07. The molecule has 0 saturated carbocycles. The summed E-state index contributed by atoms with van der Waals surface area (Å²) >= 11 is 0. The van der Waals surface area contributed by atoms with Crippen LogP contribution in [0.5, 0.6) is 17.2 Å². The molecule has 0 atom stereocenters. The molecule has 0 radical (unpaired) electrons. The van der Waals surface area contributed by atoms with Crippen molar-refractivity contribution in [3.8, 4) is 17.2 Å². The summed E-state index contributed by atoms with van der Waals surface area (Å²) in [6, 6.07) is 9.40. The molecule has 2 aliphatic heterocycles.